The second-order valence-corrected chi connectivity index (χ2v) is 8.75. The highest BCUT2D eigenvalue weighted by Gasteiger charge is 2.62. The van der Waals surface area contributed by atoms with Gasteiger partial charge in [-0.3, -0.25) is 19.3 Å². The number of imide groups is 1. The molecule has 7 nitrogen and oxygen atoms in total. The molecule has 1 aromatic heterocycles. The summed E-state index contributed by atoms with van der Waals surface area (Å²) in [5.41, 5.74) is -0.103. The third-order valence-corrected chi connectivity index (χ3v) is 6.86. The predicted octanol–water partition coefficient (Wildman–Crippen LogP) is 2.68. The summed E-state index contributed by atoms with van der Waals surface area (Å²) in [5, 5.41) is 1.86. The van der Waals surface area contributed by atoms with Crippen molar-refractivity contribution < 1.29 is 32.6 Å². The summed E-state index contributed by atoms with van der Waals surface area (Å²) in [4.78, 5) is 42.5. The number of aromatic nitrogens is 1. The van der Waals surface area contributed by atoms with Crippen molar-refractivity contribution in [3.05, 3.63) is 40.2 Å². The van der Waals surface area contributed by atoms with E-state index in [2.05, 4.69) is 4.98 Å². The van der Waals surface area contributed by atoms with Gasteiger partial charge in [0.1, 0.15) is 23.2 Å². The summed E-state index contributed by atoms with van der Waals surface area (Å²) in [7, 11) is 0. The topological polar surface area (TPSA) is 85.8 Å². The Bertz CT molecular complexity index is 1030. The van der Waals surface area contributed by atoms with E-state index in [1.54, 1.807) is 0 Å². The summed E-state index contributed by atoms with van der Waals surface area (Å²) in [5.74, 6) is -3.43. The molecule has 0 saturated carbocycles. The van der Waals surface area contributed by atoms with E-state index < -0.39 is 29.4 Å². The summed E-state index contributed by atoms with van der Waals surface area (Å²) in [6.45, 7) is -0.197. The summed E-state index contributed by atoms with van der Waals surface area (Å²) in [6.07, 6.45) is 1.05. The number of benzene rings is 1. The van der Waals surface area contributed by atoms with Gasteiger partial charge in [0.25, 0.3) is 0 Å². The van der Waals surface area contributed by atoms with Gasteiger partial charge in [-0.15, -0.1) is 11.3 Å². The van der Waals surface area contributed by atoms with Crippen molar-refractivity contribution in [2.24, 2.45) is 11.8 Å². The lowest BCUT2D eigenvalue weighted by Gasteiger charge is -2.16. The van der Waals surface area contributed by atoms with Crippen LogP contribution in [0.5, 0.6) is 0 Å². The van der Waals surface area contributed by atoms with E-state index in [0.717, 1.165) is 41.2 Å². The maximum absolute atomic E-state index is 13.9. The highest BCUT2D eigenvalue weighted by molar-refractivity contribution is 7.09. The number of thiazole rings is 1. The minimum Gasteiger partial charge on any atom is -0.458 e. The summed E-state index contributed by atoms with van der Waals surface area (Å²) >= 11 is 1.11. The van der Waals surface area contributed by atoms with Gasteiger partial charge in [0.05, 0.1) is 41.7 Å². The van der Waals surface area contributed by atoms with E-state index in [1.165, 1.54) is 11.4 Å². The van der Waals surface area contributed by atoms with E-state index in [1.807, 2.05) is 0 Å². The van der Waals surface area contributed by atoms with Crippen LogP contribution in [0.25, 0.3) is 11.3 Å². The number of fused-ring (bicyclic) bond motifs is 5. The Kier molecular flexibility index (Phi) is 5.05. The second-order valence-electron chi connectivity index (χ2n) is 7.80. The summed E-state index contributed by atoms with van der Waals surface area (Å²) in [6, 6.07) is 3.55. The number of ether oxygens (including phenoxy) is 2. The van der Waals surface area contributed by atoms with Crippen molar-refractivity contribution in [1.29, 1.82) is 0 Å². The fraction of sp³-hybridized carbons (Fsp3) is 0.429. The van der Waals surface area contributed by atoms with Crippen molar-refractivity contribution in [1.82, 2.24) is 9.88 Å². The Labute approximate surface area is 180 Å². The maximum Gasteiger partial charge on any atom is 0.308 e. The lowest BCUT2D eigenvalue weighted by molar-refractivity contribution is -0.147. The van der Waals surface area contributed by atoms with Crippen LogP contribution in [-0.2, 0) is 30.5 Å². The molecule has 3 saturated heterocycles. The van der Waals surface area contributed by atoms with Gasteiger partial charge in [-0.2, -0.15) is 0 Å². The van der Waals surface area contributed by atoms with Crippen LogP contribution in [0.1, 0.15) is 24.3 Å². The number of esters is 1. The molecule has 0 unspecified atom stereocenters. The molecule has 3 aliphatic rings. The molecule has 4 atom stereocenters. The minimum atomic E-state index is -0.725. The molecule has 162 valence electrons. The molecule has 3 fully saturated rings. The number of nitrogens with zero attached hydrogens (tertiary/aromatic N) is 2. The fourth-order valence-corrected chi connectivity index (χ4v) is 5.34. The molecular weight excluding hydrogens is 430 g/mol. The molecule has 5 rings (SSSR count). The zero-order valence-electron chi connectivity index (χ0n) is 16.3. The smallest absolute Gasteiger partial charge is 0.308 e. The van der Waals surface area contributed by atoms with E-state index in [-0.39, 0.29) is 54.9 Å². The first-order valence-corrected chi connectivity index (χ1v) is 10.9. The highest BCUT2D eigenvalue weighted by Crippen LogP contribution is 2.48. The van der Waals surface area contributed by atoms with Crippen molar-refractivity contribution in [2.45, 2.75) is 38.1 Å². The van der Waals surface area contributed by atoms with Crippen LogP contribution in [0, 0.1) is 23.5 Å². The number of carbonyl (C=O) groups excluding carboxylic acids is 3. The number of rotatable bonds is 6. The van der Waals surface area contributed by atoms with Gasteiger partial charge in [-0.1, -0.05) is 6.07 Å². The zero-order valence-corrected chi connectivity index (χ0v) is 17.1. The van der Waals surface area contributed by atoms with Gasteiger partial charge in [0, 0.05) is 11.9 Å². The Balaban J connectivity index is 1.15. The molecule has 3 aliphatic heterocycles. The normalized spacial score (nSPS) is 26.6. The number of amides is 2. The van der Waals surface area contributed by atoms with Gasteiger partial charge < -0.3 is 9.47 Å². The van der Waals surface area contributed by atoms with E-state index >= 15 is 0 Å². The first kappa shape index (κ1) is 20.2. The van der Waals surface area contributed by atoms with E-state index in [9.17, 15) is 23.2 Å². The van der Waals surface area contributed by atoms with Crippen molar-refractivity contribution in [3.63, 3.8) is 0 Å². The van der Waals surface area contributed by atoms with Gasteiger partial charge in [-0.25, -0.2) is 13.8 Å². The van der Waals surface area contributed by atoms with Crippen molar-refractivity contribution in [3.8, 4) is 11.3 Å². The maximum atomic E-state index is 13.9. The van der Waals surface area contributed by atoms with E-state index in [4.69, 9.17) is 9.47 Å². The highest BCUT2D eigenvalue weighted by atomic mass is 32.1. The molecule has 10 heteroatoms. The zero-order chi connectivity index (χ0) is 21.7. The molecule has 2 amide bonds. The largest absolute Gasteiger partial charge is 0.458 e. The average molecular weight is 448 g/mol. The van der Waals surface area contributed by atoms with Crippen LogP contribution in [-0.4, -0.2) is 46.4 Å². The van der Waals surface area contributed by atoms with Crippen LogP contribution in [0.4, 0.5) is 8.78 Å². The monoisotopic (exact) mass is 448 g/mol. The number of likely N-dealkylation sites (tertiary alicyclic amines) is 1. The third kappa shape index (κ3) is 3.43. The SMILES string of the molecule is O=C(CCN1C(=O)[C@H]2[C@H](C1=O)[C@H]1CC[C@H]2O1)OCc1nc(-c2c(F)cccc2F)cs1. The lowest BCUT2D eigenvalue weighted by Crippen LogP contribution is -2.36. The van der Waals surface area contributed by atoms with Crippen molar-refractivity contribution >= 4 is 29.1 Å². The number of carbonyl (C=O) groups is 3. The molecule has 0 spiro atoms. The Hall–Kier alpha value is -2.72. The number of hydrogen-bond donors (Lipinski definition) is 0. The molecule has 4 heterocycles. The third-order valence-electron chi connectivity index (χ3n) is 6.04. The van der Waals surface area contributed by atoms with E-state index in [0.29, 0.717) is 5.01 Å². The molecular formula is C21H18F2N2O5S. The molecule has 1 aromatic carbocycles. The molecule has 0 aliphatic carbocycles. The number of hydrogen-bond acceptors (Lipinski definition) is 7. The molecule has 2 aromatic rings. The van der Waals surface area contributed by atoms with Gasteiger partial charge >= 0.3 is 5.97 Å². The van der Waals surface area contributed by atoms with Crippen LogP contribution < -0.4 is 0 Å². The second kappa shape index (κ2) is 7.76. The van der Waals surface area contributed by atoms with Gasteiger partial charge in [0.2, 0.25) is 11.8 Å². The Morgan fingerprint density at radius 1 is 1.16 bits per heavy atom. The summed E-state index contributed by atoms with van der Waals surface area (Å²) < 4.78 is 38.6. The minimum absolute atomic E-state index is 0.0352. The number of halogens is 2. The van der Waals surface area contributed by atoms with Crippen LogP contribution >= 0.6 is 11.3 Å². The molecule has 0 radical (unpaired) electrons. The van der Waals surface area contributed by atoms with Crippen LogP contribution in [0.15, 0.2) is 23.6 Å². The van der Waals surface area contributed by atoms with Gasteiger partial charge in [0.15, 0.2) is 0 Å². The lowest BCUT2D eigenvalue weighted by atomic mass is 9.81. The van der Waals surface area contributed by atoms with Crippen molar-refractivity contribution in [2.75, 3.05) is 6.54 Å². The first-order chi connectivity index (χ1) is 14.9. The Morgan fingerprint density at radius 3 is 2.45 bits per heavy atom. The van der Waals surface area contributed by atoms with Crippen LogP contribution in [0.3, 0.4) is 0 Å². The van der Waals surface area contributed by atoms with Crippen LogP contribution in [0.2, 0.25) is 0 Å². The quantitative estimate of drug-likeness (QED) is 0.499. The fourth-order valence-electron chi connectivity index (χ4n) is 4.65. The molecule has 31 heavy (non-hydrogen) atoms. The molecule has 2 bridgehead atoms. The Morgan fingerprint density at radius 2 is 1.81 bits per heavy atom. The first-order valence-electron chi connectivity index (χ1n) is 9.99. The average Bonchev–Trinajstić information content (AvgIpc) is 3.51. The standard InChI is InChI=1S/C21H18F2N2O5S/c22-10-2-1-3-11(23)17(10)12-9-31-15(24-12)8-29-16(26)6-7-25-20(27)18-13-4-5-14(30-13)19(18)21(25)28/h1-3,9,13-14,18-19H,4-8H2/t13-,14-,18-,19-/m1/s1. The van der Waals surface area contributed by atoms with Gasteiger partial charge in [-0.05, 0) is 25.0 Å². The predicted molar refractivity (Wildman–Crippen MR) is 103 cm³/mol. The molecule has 0 N–H and O–H groups in total.